The third kappa shape index (κ3) is 0.894. The first kappa shape index (κ1) is 4.58. The molecule has 38 valence electrons. The molecule has 0 amide bonds. The molecule has 4 nitrogen and oxygen atoms in total. The van der Waals surface area contributed by atoms with Crippen LogP contribution in [0.1, 0.15) is 0 Å². The van der Waals surface area contributed by atoms with Crippen LogP contribution >= 0.6 is 11.9 Å². The Labute approximate surface area is 45.0 Å². The van der Waals surface area contributed by atoms with Gasteiger partial charge in [0, 0.05) is 0 Å². The average Bonchev–Trinajstić information content (AvgIpc) is 2.14. The standard InChI is InChI=1S/C2H4N4S/c3-5-2-1-4-6-7-2/h1,3H2. The van der Waals surface area contributed by atoms with Crippen LogP contribution in [0.5, 0.6) is 0 Å². The molecule has 0 spiro atoms. The highest BCUT2D eigenvalue weighted by atomic mass is 32.2. The molecule has 0 bridgehead atoms. The second-order valence-corrected chi connectivity index (χ2v) is 1.81. The number of nitrogens with two attached hydrogens (primary N) is 1. The second-order valence-electron chi connectivity index (χ2n) is 0.995. The van der Waals surface area contributed by atoms with E-state index in [0.717, 1.165) is 5.04 Å². The SMILES string of the molecule is NN=C1CN=NS1. The summed E-state index contributed by atoms with van der Waals surface area (Å²) in [4.78, 5) is 0. The molecule has 0 aromatic heterocycles. The summed E-state index contributed by atoms with van der Waals surface area (Å²) < 4.78 is 3.57. The van der Waals surface area contributed by atoms with Crippen molar-refractivity contribution in [1.82, 2.24) is 0 Å². The molecule has 1 aliphatic heterocycles. The topological polar surface area (TPSA) is 63.1 Å². The Morgan fingerprint density at radius 2 is 2.71 bits per heavy atom. The summed E-state index contributed by atoms with van der Waals surface area (Å²) in [7, 11) is 0. The molecule has 0 radical (unpaired) electrons. The van der Waals surface area contributed by atoms with E-state index in [1.54, 1.807) is 0 Å². The molecule has 0 aliphatic carbocycles. The summed E-state index contributed by atoms with van der Waals surface area (Å²) in [6, 6.07) is 0. The lowest BCUT2D eigenvalue weighted by Crippen LogP contribution is -1.94. The molecular weight excluding hydrogens is 112 g/mol. The van der Waals surface area contributed by atoms with Crippen LogP contribution in [0.4, 0.5) is 0 Å². The number of hydrazone groups is 1. The summed E-state index contributed by atoms with van der Waals surface area (Å²) >= 11 is 1.23. The van der Waals surface area contributed by atoms with E-state index in [0.29, 0.717) is 6.54 Å². The molecule has 0 saturated carbocycles. The van der Waals surface area contributed by atoms with Crippen molar-refractivity contribution in [3.05, 3.63) is 0 Å². The van der Waals surface area contributed by atoms with E-state index in [1.165, 1.54) is 11.9 Å². The lowest BCUT2D eigenvalue weighted by molar-refractivity contribution is 1.17. The van der Waals surface area contributed by atoms with Gasteiger partial charge < -0.3 is 5.84 Å². The number of hydrogen-bond donors (Lipinski definition) is 1. The summed E-state index contributed by atoms with van der Waals surface area (Å²) in [5, 5.41) is 7.77. The third-order valence-corrected chi connectivity index (χ3v) is 1.20. The van der Waals surface area contributed by atoms with E-state index in [2.05, 4.69) is 14.7 Å². The maximum absolute atomic E-state index is 4.88. The quantitative estimate of drug-likeness (QED) is 0.282. The first-order valence-electron chi connectivity index (χ1n) is 1.74. The lowest BCUT2D eigenvalue weighted by Gasteiger charge is -1.78. The summed E-state index contributed by atoms with van der Waals surface area (Å²) in [5.41, 5.74) is 0. The van der Waals surface area contributed by atoms with Gasteiger partial charge in [-0.25, -0.2) is 0 Å². The fraction of sp³-hybridized carbons (Fsp3) is 0.500. The monoisotopic (exact) mass is 116 g/mol. The molecule has 7 heavy (non-hydrogen) atoms. The van der Waals surface area contributed by atoms with E-state index in [-0.39, 0.29) is 0 Å². The van der Waals surface area contributed by atoms with E-state index >= 15 is 0 Å². The zero-order chi connectivity index (χ0) is 5.11. The van der Waals surface area contributed by atoms with Crippen molar-refractivity contribution >= 4 is 17.0 Å². The Balaban J connectivity index is 2.51. The number of rotatable bonds is 0. The molecule has 1 rings (SSSR count). The van der Waals surface area contributed by atoms with Crippen molar-refractivity contribution in [2.45, 2.75) is 0 Å². The Kier molecular flexibility index (Phi) is 1.26. The normalized spacial score (nSPS) is 24.3. The van der Waals surface area contributed by atoms with E-state index in [4.69, 9.17) is 5.84 Å². The van der Waals surface area contributed by atoms with Crippen LogP contribution in [0.15, 0.2) is 14.7 Å². The first-order valence-corrected chi connectivity index (χ1v) is 2.51. The van der Waals surface area contributed by atoms with Gasteiger partial charge in [-0.2, -0.15) is 10.2 Å². The molecule has 0 saturated heterocycles. The average molecular weight is 116 g/mol. The van der Waals surface area contributed by atoms with Crippen molar-refractivity contribution in [2.75, 3.05) is 6.54 Å². The Hall–Kier alpha value is -0.580. The van der Waals surface area contributed by atoms with Crippen molar-refractivity contribution in [3.8, 4) is 0 Å². The predicted octanol–water partition coefficient (Wildman–Crippen LogP) is 0.373. The fourth-order valence-electron chi connectivity index (χ4n) is 0.259. The van der Waals surface area contributed by atoms with E-state index in [9.17, 15) is 0 Å². The van der Waals surface area contributed by atoms with E-state index in [1.807, 2.05) is 0 Å². The maximum atomic E-state index is 4.88. The van der Waals surface area contributed by atoms with Crippen LogP contribution < -0.4 is 5.84 Å². The highest BCUT2D eigenvalue weighted by Gasteiger charge is 2.02. The summed E-state index contributed by atoms with van der Waals surface area (Å²) in [5.74, 6) is 4.88. The van der Waals surface area contributed by atoms with Gasteiger partial charge in [-0.3, -0.25) is 0 Å². The van der Waals surface area contributed by atoms with Crippen LogP contribution in [0.3, 0.4) is 0 Å². The molecule has 0 unspecified atom stereocenters. The highest BCUT2D eigenvalue weighted by Crippen LogP contribution is 2.12. The molecular formula is C2H4N4S. The molecule has 0 fully saturated rings. The van der Waals surface area contributed by atoms with Gasteiger partial charge in [-0.1, -0.05) is 0 Å². The van der Waals surface area contributed by atoms with Gasteiger partial charge in [0.2, 0.25) is 0 Å². The maximum Gasteiger partial charge on any atom is 0.141 e. The number of hydrogen-bond acceptors (Lipinski definition) is 5. The van der Waals surface area contributed by atoms with Gasteiger partial charge in [0.1, 0.15) is 11.6 Å². The predicted molar refractivity (Wildman–Crippen MR) is 28.9 cm³/mol. The zero-order valence-electron chi connectivity index (χ0n) is 3.53. The van der Waals surface area contributed by atoms with Crippen LogP contribution in [-0.4, -0.2) is 11.6 Å². The van der Waals surface area contributed by atoms with Gasteiger partial charge in [0.25, 0.3) is 0 Å². The van der Waals surface area contributed by atoms with Crippen molar-refractivity contribution < 1.29 is 0 Å². The van der Waals surface area contributed by atoms with Gasteiger partial charge in [0.05, 0.1) is 11.9 Å². The van der Waals surface area contributed by atoms with Gasteiger partial charge in [-0.05, 0) is 0 Å². The molecule has 0 aromatic carbocycles. The molecule has 0 aromatic rings. The minimum atomic E-state index is 0.557. The van der Waals surface area contributed by atoms with Crippen LogP contribution in [0, 0.1) is 0 Å². The van der Waals surface area contributed by atoms with Gasteiger partial charge in [-0.15, -0.1) is 4.52 Å². The van der Waals surface area contributed by atoms with Crippen molar-refractivity contribution in [1.29, 1.82) is 0 Å². The molecule has 0 atom stereocenters. The largest absolute Gasteiger partial charge is 0.322 e. The van der Waals surface area contributed by atoms with Crippen LogP contribution in [-0.2, 0) is 0 Å². The smallest absolute Gasteiger partial charge is 0.141 e. The molecule has 5 heteroatoms. The third-order valence-electron chi connectivity index (χ3n) is 0.554. The van der Waals surface area contributed by atoms with Crippen LogP contribution in [0.25, 0.3) is 0 Å². The Bertz CT molecular complexity index is 107. The highest BCUT2D eigenvalue weighted by molar-refractivity contribution is 8.13. The fourth-order valence-corrected chi connectivity index (χ4v) is 0.631. The summed E-state index contributed by atoms with van der Waals surface area (Å²) in [6.45, 7) is 0.557. The minimum Gasteiger partial charge on any atom is -0.322 e. The van der Waals surface area contributed by atoms with E-state index < -0.39 is 0 Å². The van der Waals surface area contributed by atoms with Crippen molar-refractivity contribution in [2.24, 2.45) is 20.6 Å². The Morgan fingerprint density at radius 1 is 1.86 bits per heavy atom. The van der Waals surface area contributed by atoms with Gasteiger partial charge >= 0.3 is 0 Å². The molecule has 1 aliphatic rings. The molecule has 2 N–H and O–H groups in total. The van der Waals surface area contributed by atoms with Crippen LogP contribution in [0.2, 0.25) is 0 Å². The lowest BCUT2D eigenvalue weighted by atomic mass is 10.7. The summed E-state index contributed by atoms with van der Waals surface area (Å²) in [6.07, 6.45) is 0. The first-order chi connectivity index (χ1) is 3.43. The van der Waals surface area contributed by atoms with Crippen molar-refractivity contribution in [3.63, 3.8) is 0 Å². The number of nitrogens with zero attached hydrogens (tertiary/aromatic N) is 3. The van der Waals surface area contributed by atoms with Gasteiger partial charge in [0.15, 0.2) is 0 Å². The molecule has 1 heterocycles. The second kappa shape index (κ2) is 1.92. The minimum absolute atomic E-state index is 0.557. The Morgan fingerprint density at radius 3 is 3.00 bits per heavy atom. The zero-order valence-corrected chi connectivity index (χ0v) is 4.35.